The molecular weight excluding hydrogens is 484 g/mol. The molecular formula is C29H36N2O5Si. The number of rotatable bonds is 7. The maximum absolute atomic E-state index is 13.6. The van der Waals surface area contributed by atoms with E-state index in [1.807, 2.05) is 71.6 Å². The zero-order chi connectivity index (χ0) is 26.4. The molecule has 0 spiro atoms. The van der Waals surface area contributed by atoms with E-state index in [1.54, 1.807) is 4.90 Å². The average molecular weight is 521 g/mol. The van der Waals surface area contributed by atoms with Gasteiger partial charge in [0.05, 0.1) is 11.8 Å². The third-order valence-electron chi connectivity index (χ3n) is 8.16. The first-order valence-electron chi connectivity index (χ1n) is 12.9. The molecule has 0 saturated carbocycles. The van der Waals surface area contributed by atoms with Crippen molar-refractivity contribution in [3.8, 4) is 0 Å². The van der Waals surface area contributed by atoms with Crippen molar-refractivity contribution in [2.75, 3.05) is 13.2 Å². The van der Waals surface area contributed by atoms with Gasteiger partial charge in [-0.05, 0) is 35.3 Å². The fourth-order valence-corrected chi connectivity index (χ4v) is 6.01. The predicted octanol–water partition coefficient (Wildman–Crippen LogP) is 5.61. The van der Waals surface area contributed by atoms with Gasteiger partial charge < -0.3 is 13.9 Å². The molecule has 8 heteroatoms. The molecule has 7 nitrogen and oxygen atoms in total. The molecule has 1 unspecified atom stereocenters. The summed E-state index contributed by atoms with van der Waals surface area (Å²) in [6.07, 6.45) is 1.60. The molecule has 2 saturated heterocycles. The molecule has 0 aliphatic carbocycles. The number of cyclic esters (lactones) is 1. The summed E-state index contributed by atoms with van der Waals surface area (Å²) >= 11 is 0. The summed E-state index contributed by atoms with van der Waals surface area (Å²) in [6.45, 7) is 11.9. The summed E-state index contributed by atoms with van der Waals surface area (Å²) in [4.78, 5) is 30.4. The van der Waals surface area contributed by atoms with E-state index in [4.69, 9.17) is 13.9 Å². The van der Waals surface area contributed by atoms with Crippen LogP contribution in [0.3, 0.4) is 0 Å². The van der Waals surface area contributed by atoms with Gasteiger partial charge in [-0.3, -0.25) is 9.80 Å². The van der Waals surface area contributed by atoms with Crippen molar-refractivity contribution < 1.29 is 23.5 Å². The molecule has 0 N–H and O–H groups in total. The molecule has 0 bridgehead atoms. The Bertz CT molecular complexity index is 1190. The topological polar surface area (TPSA) is 68.1 Å². The molecule has 3 heterocycles. The lowest BCUT2D eigenvalue weighted by Gasteiger charge is -2.41. The van der Waals surface area contributed by atoms with E-state index < -0.39 is 20.0 Å². The Balaban J connectivity index is 1.45. The van der Waals surface area contributed by atoms with Crippen molar-refractivity contribution in [1.82, 2.24) is 9.80 Å². The van der Waals surface area contributed by atoms with Gasteiger partial charge in [-0.2, -0.15) is 0 Å². The molecule has 1 amide bonds. The number of amides is 1. The number of esters is 1. The normalized spacial score (nSPS) is 27.2. The Labute approximate surface area is 220 Å². The number of benzene rings is 2. The average Bonchev–Trinajstić information content (AvgIpc) is 3.49. The van der Waals surface area contributed by atoms with Crippen molar-refractivity contribution in [3.05, 3.63) is 83.6 Å². The molecule has 196 valence electrons. The van der Waals surface area contributed by atoms with Crippen LogP contribution in [0.15, 0.2) is 72.5 Å². The summed E-state index contributed by atoms with van der Waals surface area (Å²) in [7, 11) is -2.18. The standard InChI is InChI=1S/C29H36N2O5Si/c1-28(2,3)37(4,5)36-23-16-25(31-24(19-35-27(31)33)22-14-10-7-11-15-22)30-20-29(30,17-23)26(32)34-18-21-12-8-6-9-13-21/h6-16,24-25H,17-20H2,1-5H3/t24-,25+,29-,30?/m0/s1. The summed E-state index contributed by atoms with van der Waals surface area (Å²) < 4.78 is 18.1. The van der Waals surface area contributed by atoms with Crippen LogP contribution in [0.2, 0.25) is 18.1 Å². The maximum atomic E-state index is 13.6. The molecule has 3 aliphatic rings. The Morgan fingerprint density at radius 1 is 1.08 bits per heavy atom. The number of carbonyl (C=O) groups is 2. The number of nitrogens with zero attached hydrogens (tertiary/aromatic N) is 2. The van der Waals surface area contributed by atoms with Crippen LogP contribution < -0.4 is 0 Å². The van der Waals surface area contributed by atoms with Crippen molar-refractivity contribution in [2.45, 2.75) is 69.7 Å². The third kappa shape index (κ3) is 4.80. The van der Waals surface area contributed by atoms with Crippen molar-refractivity contribution in [1.29, 1.82) is 0 Å². The van der Waals surface area contributed by atoms with Gasteiger partial charge in [0.1, 0.15) is 24.9 Å². The predicted molar refractivity (Wildman–Crippen MR) is 143 cm³/mol. The molecule has 4 atom stereocenters. The van der Waals surface area contributed by atoms with Crippen LogP contribution in [0, 0.1) is 0 Å². The SMILES string of the molecule is CC(C)(C)[Si](C)(C)OC1=C[C@@H](N2C(=O)OC[C@H]2c2ccccc2)N2C[C@]2(C(=O)OCc2ccccc2)C1. The van der Waals surface area contributed by atoms with Crippen LogP contribution in [-0.2, 0) is 25.3 Å². The Morgan fingerprint density at radius 3 is 2.38 bits per heavy atom. The van der Waals surface area contributed by atoms with Crippen LogP contribution in [0.1, 0.15) is 44.4 Å². The van der Waals surface area contributed by atoms with E-state index in [0.717, 1.165) is 16.9 Å². The zero-order valence-corrected chi connectivity index (χ0v) is 23.3. The highest BCUT2D eigenvalue weighted by Gasteiger charge is 2.66. The second-order valence-electron chi connectivity index (χ2n) is 11.7. The van der Waals surface area contributed by atoms with Gasteiger partial charge in [0.2, 0.25) is 8.32 Å². The summed E-state index contributed by atoms with van der Waals surface area (Å²) in [6, 6.07) is 19.3. The first-order chi connectivity index (χ1) is 17.5. The van der Waals surface area contributed by atoms with E-state index in [2.05, 4.69) is 33.9 Å². The minimum absolute atomic E-state index is 0.00977. The molecule has 37 heavy (non-hydrogen) atoms. The molecule has 0 aromatic heterocycles. The minimum atomic E-state index is -2.18. The largest absolute Gasteiger partial charge is 0.547 e. The van der Waals surface area contributed by atoms with Gasteiger partial charge in [-0.15, -0.1) is 0 Å². The Morgan fingerprint density at radius 2 is 1.73 bits per heavy atom. The third-order valence-corrected chi connectivity index (χ3v) is 12.5. The van der Waals surface area contributed by atoms with Gasteiger partial charge in [-0.25, -0.2) is 9.59 Å². The van der Waals surface area contributed by atoms with Crippen LogP contribution in [-0.4, -0.2) is 55.0 Å². The molecule has 5 rings (SSSR count). The summed E-state index contributed by atoms with van der Waals surface area (Å²) in [5, 5.41) is -0.00977. The molecule has 2 fully saturated rings. The maximum Gasteiger partial charge on any atom is 0.412 e. The number of hydrogen-bond donors (Lipinski definition) is 0. The van der Waals surface area contributed by atoms with Gasteiger partial charge in [0, 0.05) is 13.0 Å². The summed E-state index contributed by atoms with van der Waals surface area (Å²) in [5.74, 6) is 0.475. The first kappa shape index (κ1) is 25.5. The highest BCUT2D eigenvalue weighted by molar-refractivity contribution is 6.74. The van der Waals surface area contributed by atoms with Crippen LogP contribution in [0.25, 0.3) is 0 Å². The van der Waals surface area contributed by atoms with E-state index in [1.165, 1.54) is 0 Å². The highest BCUT2D eigenvalue weighted by atomic mass is 28.4. The van der Waals surface area contributed by atoms with Gasteiger partial charge in [0.15, 0.2) is 0 Å². The lowest BCUT2D eigenvalue weighted by molar-refractivity contribution is -0.150. The van der Waals surface area contributed by atoms with Crippen LogP contribution in [0.4, 0.5) is 4.79 Å². The minimum Gasteiger partial charge on any atom is -0.547 e. The molecule has 0 radical (unpaired) electrons. The molecule has 3 aliphatic heterocycles. The van der Waals surface area contributed by atoms with E-state index in [0.29, 0.717) is 13.0 Å². The fourth-order valence-electron chi connectivity index (χ4n) is 4.90. The second-order valence-corrected chi connectivity index (χ2v) is 16.4. The Hall–Kier alpha value is -3.10. The zero-order valence-electron chi connectivity index (χ0n) is 22.3. The van der Waals surface area contributed by atoms with Gasteiger partial charge in [-0.1, -0.05) is 81.4 Å². The van der Waals surface area contributed by atoms with Gasteiger partial charge >= 0.3 is 12.1 Å². The quantitative estimate of drug-likeness (QED) is 0.268. The van der Waals surface area contributed by atoms with E-state index in [-0.39, 0.29) is 36.4 Å². The fraction of sp³-hybridized carbons (Fsp3) is 0.448. The monoisotopic (exact) mass is 520 g/mol. The van der Waals surface area contributed by atoms with Crippen molar-refractivity contribution in [2.24, 2.45) is 0 Å². The van der Waals surface area contributed by atoms with Crippen LogP contribution >= 0.6 is 0 Å². The van der Waals surface area contributed by atoms with Gasteiger partial charge in [0.25, 0.3) is 0 Å². The number of carbonyl (C=O) groups excluding carboxylic acids is 2. The lowest BCUT2D eigenvalue weighted by Crippen LogP contribution is -2.50. The second kappa shape index (κ2) is 9.33. The number of ether oxygens (including phenoxy) is 2. The Kier molecular flexibility index (Phi) is 6.44. The van der Waals surface area contributed by atoms with Crippen LogP contribution in [0.5, 0.6) is 0 Å². The summed E-state index contributed by atoms with van der Waals surface area (Å²) in [5.41, 5.74) is 1.08. The van der Waals surface area contributed by atoms with E-state index >= 15 is 0 Å². The van der Waals surface area contributed by atoms with E-state index in [9.17, 15) is 9.59 Å². The number of fused-ring (bicyclic) bond motifs is 1. The van der Waals surface area contributed by atoms with Crippen molar-refractivity contribution >= 4 is 20.4 Å². The molecule has 2 aromatic rings. The molecule has 2 aromatic carbocycles. The first-order valence-corrected chi connectivity index (χ1v) is 15.8. The van der Waals surface area contributed by atoms with Crippen molar-refractivity contribution in [3.63, 3.8) is 0 Å². The highest BCUT2D eigenvalue weighted by Crippen LogP contribution is 2.50. The number of hydrogen-bond acceptors (Lipinski definition) is 6. The lowest BCUT2D eigenvalue weighted by atomic mass is 10.00. The smallest absolute Gasteiger partial charge is 0.412 e.